The summed E-state index contributed by atoms with van der Waals surface area (Å²) in [4.78, 5) is 109. The van der Waals surface area contributed by atoms with E-state index in [1.165, 1.54) is 0 Å². The molecule has 0 saturated carbocycles. The first-order chi connectivity index (χ1) is 38.3. The zero-order valence-electron chi connectivity index (χ0n) is 47.2. The van der Waals surface area contributed by atoms with Crippen LogP contribution >= 0.6 is 0 Å². The summed E-state index contributed by atoms with van der Waals surface area (Å²) >= 11 is 0. The monoisotopic (exact) mass is 1100 g/mol. The first-order valence-corrected chi connectivity index (χ1v) is 28.5. The topological polar surface area (TPSA) is 332 Å². The number of carbonyl (C=O) groups excluding carboxylic acids is 7. The van der Waals surface area contributed by atoms with Crippen molar-refractivity contribution in [2.45, 2.75) is 167 Å². The molecule has 1 saturated heterocycles. The molecule has 4 aromatic carbocycles. The zero-order chi connectivity index (χ0) is 58.0. The predicted octanol–water partition coefficient (Wildman–Crippen LogP) is 4.14. The van der Waals surface area contributed by atoms with Gasteiger partial charge in [0.2, 0.25) is 41.4 Å². The summed E-state index contributed by atoms with van der Waals surface area (Å²) in [6.07, 6.45) is 7.20. The molecule has 1 aliphatic heterocycles. The lowest BCUT2D eigenvalue weighted by Gasteiger charge is -2.28. The van der Waals surface area contributed by atoms with Crippen LogP contribution in [0, 0.1) is 11.8 Å². The number of nitrogens with one attached hydrogen (secondary N) is 7. The summed E-state index contributed by atoms with van der Waals surface area (Å²) in [5, 5.41) is 24.3. The van der Waals surface area contributed by atoms with Gasteiger partial charge in [0, 0.05) is 38.9 Å². The standard InChI is InChI=1S/C60H87N13O7/c1-38(2)32-48-56(78)69-47(23-17-31-67-60(63)64)55(77)73-51(37-41-26-28-43-19-12-14-21-45(43)35-41)58(80)71-49(33-39(3)4)57(79)70-46(22-16-30-66-59(61)62)54(76)72-50(36-40-25-27-42-18-11-13-20-44(42)34-40)53(75)65-29-15-9-7-5-6-8-10-24-52(74)68-48/h11-14,18-21,25-28,34-35,38-39,46-51H,5-10,15-17,22-24,29-33,36-37H2,1-4H3,(H,65,75)(H,68,74)(H,69,78)(H,70,79)(H,71,80)(H,72,76)(H,73,77)(H4,61,62,66)(H4,63,64,67)/t46-,47-,48-,49-,50-,51-/m0/s1. The van der Waals surface area contributed by atoms with E-state index in [1.54, 1.807) is 0 Å². The molecule has 4 aromatic rings. The maximum Gasteiger partial charge on any atom is 0.243 e. The number of carbonyl (C=O) groups is 7. The molecule has 15 N–H and O–H groups in total. The van der Waals surface area contributed by atoms with E-state index in [9.17, 15) is 33.6 Å². The molecule has 0 aromatic heterocycles. The molecule has 20 heteroatoms. The van der Waals surface area contributed by atoms with E-state index in [1.807, 2.05) is 113 Å². The number of hydrogen-bond acceptors (Lipinski definition) is 9. The number of guanidine groups is 2. The number of benzene rings is 4. The van der Waals surface area contributed by atoms with Crippen molar-refractivity contribution in [3.05, 3.63) is 96.1 Å². The highest BCUT2D eigenvalue weighted by atomic mass is 16.2. The lowest BCUT2D eigenvalue weighted by Crippen LogP contribution is -2.60. The van der Waals surface area contributed by atoms with Gasteiger partial charge in [-0.2, -0.15) is 0 Å². The molecule has 0 radical (unpaired) electrons. The largest absolute Gasteiger partial charge is 0.370 e. The number of fused-ring (bicyclic) bond motifs is 2. The summed E-state index contributed by atoms with van der Waals surface area (Å²) in [7, 11) is 0. The van der Waals surface area contributed by atoms with Crippen LogP contribution in [0.5, 0.6) is 0 Å². The van der Waals surface area contributed by atoms with Gasteiger partial charge in [-0.25, -0.2) is 0 Å². The Hall–Kier alpha value is -7.77. The molecule has 0 aliphatic carbocycles. The maximum absolute atomic E-state index is 14.9. The lowest BCUT2D eigenvalue weighted by atomic mass is 9.98. The molecule has 20 nitrogen and oxygen atoms in total. The number of nitrogens with zero attached hydrogens (tertiary/aromatic N) is 2. The molecular weight excluding hydrogens is 1010 g/mol. The smallest absolute Gasteiger partial charge is 0.243 e. The number of hydrogen-bond donors (Lipinski definition) is 11. The minimum absolute atomic E-state index is 0.00379. The van der Waals surface area contributed by atoms with Crippen LogP contribution in [0.25, 0.3) is 21.5 Å². The van der Waals surface area contributed by atoms with Crippen LogP contribution in [0.15, 0.2) is 94.9 Å². The average Bonchev–Trinajstić information content (AvgIpc) is 3.41. The third-order valence-electron chi connectivity index (χ3n) is 14.0. The van der Waals surface area contributed by atoms with Gasteiger partial charge in [-0.15, -0.1) is 0 Å². The average molecular weight is 1100 g/mol. The van der Waals surface area contributed by atoms with Crippen LogP contribution in [-0.4, -0.2) is 109 Å². The summed E-state index contributed by atoms with van der Waals surface area (Å²) in [5.41, 5.74) is 24.0. The van der Waals surface area contributed by atoms with Crippen LogP contribution in [0.1, 0.15) is 129 Å². The van der Waals surface area contributed by atoms with Gasteiger partial charge in [-0.1, -0.05) is 145 Å². The Morgan fingerprint density at radius 3 is 1.29 bits per heavy atom. The van der Waals surface area contributed by atoms with E-state index in [2.05, 4.69) is 47.2 Å². The molecule has 0 spiro atoms. The second-order valence-electron chi connectivity index (χ2n) is 21.9. The fourth-order valence-corrected chi connectivity index (χ4v) is 9.83. The zero-order valence-corrected chi connectivity index (χ0v) is 47.2. The van der Waals surface area contributed by atoms with Crippen molar-refractivity contribution in [1.82, 2.24) is 37.2 Å². The van der Waals surface area contributed by atoms with E-state index in [0.29, 0.717) is 31.4 Å². The molecule has 80 heavy (non-hydrogen) atoms. The Balaban J connectivity index is 1.52. The fraction of sp³-hybridized carbons (Fsp3) is 0.517. The van der Waals surface area contributed by atoms with Crippen molar-refractivity contribution in [1.29, 1.82) is 0 Å². The van der Waals surface area contributed by atoms with E-state index < -0.39 is 65.8 Å². The molecule has 6 atom stereocenters. The van der Waals surface area contributed by atoms with Gasteiger partial charge in [0.25, 0.3) is 0 Å². The SMILES string of the molecule is CC(C)C[C@@H]1NC(=O)CCCCCCCCCNC(=O)[C@H](Cc2ccc3ccccc3c2)NC(=O)[C@H](CCCN=C(N)N)NC(=O)[C@H](CC(C)C)NC(=O)[C@H](Cc2ccc3ccccc3c2)NC(=O)[C@H](CCCN=C(N)N)NC1=O. The molecule has 7 amide bonds. The third kappa shape index (κ3) is 22.2. The first-order valence-electron chi connectivity index (χ1n) is 28.5. The molecule has 434 valence electrons. The lowest BCUT2D eigenvalue weighted by molar-refractivity contribution is -0.135. The second-order valence-corrected chi connectivity index (χ2v) is 21.9. The maximum atomic E-state index is 14.9. The van der Waals surface area contributed by atoms with Crippen molar-refractivity contribution >= 4 is 74.8 Å². The molecule has 0 bridgehead atoms. The predicted molar refractivity (Wildman–Crippen MR) is 316 cm³/mol. The van der Waals surface area contributed by atoms with Gasteiger partial charge in [-0.05, 0) is 95.9 Å². The minimum atomic E-state index is -1.29. The van der Waals surface area contributed by atoms with Crippen LogP contribution in [0.3, 0.4) is 0 Å². The minimum Gasteiger partial charge on any atom is -0.370 e. The van der Waals surface area contributed by atoms with Crippen LogP contribution in [0.2, 0.25) is 0 Å². The highest BCUT2D eigenvalue weighted by Gasteiger charge is 2.34. The molecule has 1 aliphatic rings. The van der Waals surface area contributed by atoms with Gasteiger partial charge in [-0.3, -0.25) is 43.5 Å². The second kappa shape index (κ2) is 33.0. The Bertz CT molecular complexity index is 2760. The molecule has 1 heterocycles. The number of amides is 7. The normalized spacial score (nSPS) is 21.4. The Labute approximate surface area is 471 Å². The van der Waals surface area contributed by atoms with Gasteiger partial charge >= 0.3 is 0 Å². The van der Waals surface area contributed by atoms with Crippen molar-refractivity contribution in [3.8, 4) is 0 Å². The van der Waals surface area contributed by atoms with E-state index in [-0.39, 0.29) is 100 Å². The summed E-state index contributed by atoms with van der Waals surface area (Å²) in [6.45, 7) is 8.31. The van der Waals surface area contributed by atoms with Crippen molar-refractivity contribution in [3.63, 3.8) is 0 Å². The fourth-order valence-electron chi connectivity index (χ4n) is 9.83. The summed E-state index contributed by atoms with van der Waals surface area (Å²) in [5.74, 6) is -4.33. The Kier molecular flexibility index (Phi) is 26.0. The summed E-state index contributed by atoms with van der Waals surface area (Å²) in [6, 6.07) is 20.2. The molecule has 5 rings (SSSR count). The molecule has 1 fully saturated rings. The van der Waals surface area contributed by atoms with E-state index in [4.69, 9.17) is 22.9 Å². The quantitative estimate of drug-likeness (QED) is 0.0430. The number of nitrogens with two attached hydrogens (primary N) is 4. The van der Waals surface area contributed by atoms with Gasteiger partial charge in [0.05, 0.1) is 0 Å². The van der Waals surface area contributed by atoms with Crippen molar-refractivity contribution < 1.29 is 33.6 Å². The first kappa shape index (κ1) is 63.1. The number of aliphatic imine (C=N–C) groups is 2. The molecule has 0 unspecified atom stereocenters. The Morgan fingerprint density at radius 1 is 0.450 bits per heavy atom. The van der Waals surface area contributed by atoms with Gasteiger partial charge in [0.15, 0.2) is 11.9 Å². The van der Waals surface area contributed by atoms with Crippen LogP contribution < -0.4 is 60.2 Å². The highest BCUT2D eigenvalue weighted by Crippen LogP contribution is 2.20. The third-order valence-corrected chi connectivity index (χ3v) is 14.0. The van der Waals surface area contributed by atoms with Gasteiger partial charge < -0.3 is 60.2 Å². The van der Waals surface area contributed by atoms with Crippen molar-refractivity contribution in [2.24, 2.45) is 44.8 Å². The Morgan fingerprint density at radius 2 is 0.825 bits per heavy atom. The van der Waals surface area contributed by atoms with E-state index in [0.717, 1.165) is 59.2 Å². The number of rotatable bonds is 16. The summed E-state index contributed by atoms with van der Waals surface area (Å²) < 4.78 is 0. The van der Waals surface area contributed by atoms with E-state index >= 15 is 0 Å². The van der Waals surface area contributed by atoms with Crippen LogP contribution in [0.4, 0.5) is 0 Å². The van der Waals surface area contributed by atoms with Gasteiger partial charge in [0.1, 0.15) is 36.3 Å². The molecular formula is C60H87N13O7. The van der Waals surface area contributed by atoms with Crippen LogP contribution in [-0.2, 0) is 46.4 Å². The van der Waals surface area contributed by atoms with Crippen molar-refractivity contribution in [2.75, 3.05) is 19.6 Å². The highest BCUT2D eigenvalue weighted by molar-refractivity contribution is 5.97.